The first kappa shape index (κ1) is 13.4. The predicted molar refractivity (Wildman–Crippen MR) is 75.4 cm³/mol. The number of hydrogen-bond acceptors (Lipinski definition) is 3. The summed E-state index contributed by atoms with van der Waals surface area (Å²) >= 11 is 5.98. The molecule has 0 bridgehead atoms. The van der Waals surface area contributed by atoms with Crippen molar-refractivity contribution in [2.45, 2.75) is 6.54 Å². The van der Waals surface area contributed by atoms with Crippen LogP contribution < -0.4 is 5.32 Å². The van der Waals surface area contributed by atoms with Crippen molar-refractivity contribution in [3.63, 3.8) is 0 Å². The van der Waals surface area contributed by atoms with E-state index in [2.05, 4.69) is 15.3 Å². The summed E-state index contributed by atoms with van der Waals surface area (Å²) in [5.41, 5.74) is 2.23. The van der Waals surface area contributed by atoms with E-state index in [4.69, 9.17) is 11.6 Å². The van der Waals surface area contributed by atoms with E-state index in [-0.39, 0.29) is 5.91 Å². The average molecular weight is 279 g/mol. The topological polar surface area (TPSA) is 61.0 Å². The van der Waals surface area contributed by atoms with Crippen molar-refractivity contribution in [1.29, 1.82) is 0 Å². The van der Waals surface area contributed by atoms with E-state index in [0.29, 0.717) is 22.8 Å². The Bertz CT molecular complexity index is 566. The third-order valence-corrected chi connectivity index (χ3v) is 2.88. The van der Waals surface area contributed by atoms with Crippen LogP contribution in [0.25, 0.3) is 0 Å². The van der Waals surface area contributed by atoms with E-state index in [1.54, 1.807) is 44.8 Å². The van der Waals surface area contributed by atoms with Crippen molar-refractivity contribution in [2.75, 3.05) is 19.4 Å². The molecule has 1 amide bonds. The number of amides is 1. The number of H-pyrrole nitrogens is 1. The average Bonchev–Trinajstić information content (AvgIpc) is 2.88. The Morgan fingerprint density at radius 1 is 1.47 bits per heavy atom. The normalized spacial score (nSPS) is 10.3. The standard InChI is InChI=1S/C13H15ClN4O/c1-18(2)13(19)11-4-3-9(14)5-12(11)16-7-10-6-15-8-17-10/h3-6,8,16H,7H2,1-2H3,(H,15,17). The van der Waals surface area contributed by atoms with E-state index < -0.39 is 0 Å². The van der Waals surface area contributed by atoms with Gasteiger partial charge < -0.3 is 15.2 Å². The molecule has 0 radical (unpaired) electrons. The van der Waals surface area contributed by atoms with E-state index in [1.807, 2.05) is 0 Å². The number of carbonyl (C=O) groups excluding carboxylic acids is 1. The lowest BCUT2D eigenvalue weighted by Crippen LogP contribution is -2.23. The quantitative estimate of drug-likeness (QED) is 0.903. The molecule has 1 heterocycles. The smallest absolute Gasteiger partial charge is 0.255 e. The van der Waals surface area contributed by atoms with Gasteiger partial charge in [-0.05, 0) is 18.2 Å². The van der Waals surface area contributed by atoms with Crippen LogP contribution in [0.5, 0.6) is 0 Å². The number of halogens is 1. The van der Waals surface area contributed by atoms with Crippen molar-refractivity contribution in [3.8, 4) is 0 Å². The maximum absolute atomic E-state index is 12.1. The summed E-state index contributed by atoms with van der Waals surface area (Å²) in [7, 11) is 3.44. The molecule has 100 valence electrons. The van der Waals surface area contributed by atoms with Crippen molar-refractivity contribution in [2.24, 2.45) is 0 Å². The van der Waals surface area contributed by atoms with Crippen LogP contribution in [0, 0.1) is 0 Å². The highest BCUT2D eigenvalue weighted by molar-refractivity contribution is 6.31. The van der Waals surface area contributed by atoms with Gasteiger partial charge in [0.15, 0.2) is 0 Å². The lowest BCUT2D eigenvalue weighted by molar-refractivity contribution is 0.0828. The fourth-order valence-electron chi connectivity index (χ4n) is 1.66. The summed E-state index contributed by atoms with van der Waals surface area (Å²) in [6, 6.07) is 5.17. The molecule has 2 aromatic rings. The van der Waals surface area contributed by atoms with Gasteiger partial charge in [-0.25, -0.2) is 4.98 Å². The van der Waals surface area contributed by atoms with Crippen molar-refractivity contribution >= 4 is 23.2 Å². The third-order valence-electron chi connectivity index (χ3n) is 2.64. The molecule has 5 nitrogen and oxygen atoms in total. The van der Waals surface area contributed by atoms with E-state index >= 15 is 0 Å². The molecule has 1 aromatic heterocycles. The second-order valence-electron chi connectivity index (χ2n) is 4.32. The summed E-state index contributed by atoms with van der Waals surface area (Å²) < 4.78 is 0. The Morgan fingerprint density at radius 3 is 2.89 bits per heavy atom. The van der Waals surface area contributed by atoms with Crippen molar-refractivity contribution in [3.05, 3.63) is 47.0 Å². The van der Waals surface area contributed by atoms with Gasteiger partial charge in [0.2, 0.25) is 0 Å². The highest BCUT2D eigenvalue weighted by Crippen LogP contribution is 2.22. The fourth-order valence-corrected chi connectivity index (χ4v) is 1.83. The third kappa shape index (κ3) is 3.26. The Labute approximate surface area is 116 Å². The SMILES string of the molecule is CN(C)C(=O)c1ccc(Cl)cc1NCc1cnc[nH]1. The van der Waals surface area contributed by atoms with Crippen LogP contribution in [0.1, 0.15) is 16.1 Å². The molecule has 2 rings (SSSR count). The van der Waals surface area contributed by atoms with Crippen LogP contribution in [0.15, 0.2) is 30.7 Å². The first-order valence-electron chi connectivity index (χ1n) is 5.80. The van der Waals surface area contributed by atoms with Gasteiger partial charge in [-0.2, -0.15) is 0 Å². The lowest BCUT2D eigenvalue weighted by Gasteiger charge is -2.15. The van der Waals surface area contributed by atoms with E-state index in [1.165, 1.54) is 4.90 Å². The molecule has 0 saturated carbocycles. The zero-order valence-corrected chi connectivity index (χ0v) is 11.5. The lowest BCUT2D eigenvalue weighted by atomic mass is 10.1. The first-order chi connectivity index (χ1) is 9.08. The number of aromatic nitrogens is 2. The van der Waals surface area contributed by atoms with Crippen LogP contribution >= 0.6 is 11.6 Å². The minimum absolute atomic E-state index is 0.0659. The molecule has 19 heavy (non-hydrogen) atoms. The number of carbonyl (C=O) groups is 1. The number of nitrogens with one attached hydrogen (secondary N) is 2. The number of rotatable bonds is 4. The summed E-state index contributed by atoms with van der Waals surface area (Å²) in [5.74, 6) is -0.0659. The molecule has 0 spiro atoms. The molecule has 0 aliphatic rings. The second kappa shape index (κ2) is 5.75. The molecule has 0 saturated heterocycles. The molecule has 2 N–H and O–H groups in total. The molecular weight excluding hydrogens is 264 g/mol. The van der Waals surface area contributed by atoms with Crippen LogP contribution in [-0.2, 0) is 6.54 Å². The molecule has 0 unspecified atom stereocenters. The zero-order valence-electron chi connectivity index (χ0n) is 10.8. The van der Waals surface area contributed by atoms with Crippen molar-refractivity contribution in [1.82, 2.24) is 14.9 Å². The highest BCUT2D eigenvalue weighted by atomic mass is 35.5. The number of hydrogen-bond donors (Lipinski definition) is 2. The van der Waals surface area contributed by atoms with Gasteiger partial charge in [0.05, 0.1) is 24.1 Å². The van der Waals surface area contributed by atoms with Crippen LogP contribution in [-0.4, -0.2) is 34.9 Å². The van der Waals surface area contributed by atoms with Gasteiger partial charge in [0, 0.05) is 31.0 Å². The fraction of sp³-hybridized carbons (Fsp3) is 0.231. The Morgan fingerprint density at radius 2 is 2.26 bits per heavy atom. The molecule has 0 atom stereocenters. The molecule has 6 heteroatoms. The van der Waals surface area contributed by atoms with Crippen LogP contribution in [0.4, 0.5) is 5.69 Å². The molecule has 0 aliphatic heterocycles. The van der Waals surface area contributed by atoms with E-state index in [0.717, 1.165) is 5.69 Å². The van der Waals surface area contributed by atoms with E-state index in [9.17, 15) is 4.79 Å². The minimum Gasteiger partial charge on any atom is -0.379 e. The minimum atomic E-state index is -0.0659. The second-order valence-corrected chi connectivity index (χ2v) is 4.76. The predicted octanol–water partition coefficient (Wildman–Crippen LogP) is 2.38. The summed E-state index contributed by atoms with van der Waals surface area (Å²) in [6.07, 6.45) is 3.34. The van der Waals surface area contributed by atoms with Gasteiger partial charge in [0.1, 0.15) is 0 Å². The Kier molecular flexibility index (Phi) is 4.06. The number of anilines is 1. The first-order valence-corrected chi connectivity index (χ1v) is 6.18. The van der Waals surface area contributed by atoms with Gasteiger partial charge in [-0.3, -0.25) is 4.79 Å². The number of nitrogens with zero attached hydrogens (tertiary/aromatic N) is 2. The van der Waals surface area contributed by atoms with Crippen molar-refractivity contribution < 1.29 is 4.79 Å². The summed E-state index contributed by atoms with van der Waals surface area (Å²) in [6.45, 7) is 0.550. The highest BCUT2D eigenvalue weighted by Gasteiger charge is 2.13. The largest absolute Gasteiger partial charge is 0.379 e. The van der Waals surface area contributed by atoms with Crippen LogP contribution in [0.2, 0.25) is 5.02 Å². The summed E-state index contributed by atoms with van der Waals surface area (Å²) in [4.78, 5) is 20.5. The molecule has 0 fully saturated rings. The molecular formula is C13H15ClN4O. The van der Waals surface area contributed by atoms with Gasteiger partial charge in [-0.15, -0.1) is 0 Å². The van der Waals surface area contributed by atoms with Gasteiger partial charge in [0.25, 0.3) is 5.91 Å². The Balaban J connectivity index is 2.22. The molecule has 0 aliphatic carbocycles. The van der Waals surface area contributed by atoms with Crippen LogP contribution in [0.3, 0.4) is 0 Å². The maximum Gasteiger partial charge on any atom is 0.255 e. The zero-order chi connectivity index (χ0) is 13.8. The number of aromatic amines is 1. The maximum atomic E-state index is 12.1. The monoisotopic (exact) mass is 278 g/mol. The van der Waals surface area contributed by atoms with Gasteiger partial charge in [-0.1, -0.05) is 11.6 Å². The molecule has 1 aromatic carbocycles. The Hall–Kier alpha value is -2.01. The summed E-state index contributed by atoms with van der Waals surface area (Å²) in [5, 5.41) is 3.77. The number of benzene rings is 1. The number of imidazole rings is 1. The van der Waals surface area contributed by atoms with Gasteiger partial charge >= 0.3 is 0 Å².